The van der Waals surface area contributed by atoms with Gasteiger partial charge >= 0.3 is 6.03 Å². The molecule has 3 aliphatic carbocycles. The lowest BCUT2D eigenvalue weighted by Crippen LogP contribution is -2.53. The van der Waals surface area contributed by atoms with Gasteiger partial charge in [-0.2, -0.15) is 4.31 Å². The van der Waals surface area contributed by atoms with Crippen LogP contribution in [0.5, 0.6) is 0 Å². The number of hydrogen-bond acceptors (Lipinski definition) is 3. The number of carbonyl (C=O) groups is 1. The number of rotatable bonds is 2. The van der Waals surface area contributed by atoms with Crippen LogP contribution in [0.15, 0.2) is 0 Å². The molecule has 7 heteroatoms. The fraction of sp³-hybridized carbons (Fsp3) is 0.947. The predicted molar refractivity (Wildman–Crippen MR) is 99.1 cm³/mol. The number of carbonyl (C=O) groups excluding carboxylic acids is 1. The fourth-order valence-corrected chi connectivity index (χ4v) is 8.71. The molecule has 5 rings (SSSR count). The van der Waals surface area contributed by atoms with E-state index in [2.05, 4.69) is 5.32 Å². The molecule has 1 N–H and O–H groups in total. The monoisotopic (exact) mass is 381 g/mol. The maximum absolute atomic E-state index is 12.8. The van der Waals surface area contributed by atoms with Gasteiger partial charge in [0.05, 0.1) is 5.75 Å². The largest absolute Gasteiger partial charge is 0.335 e. The van der Waals surface area contributed by atoms with E-state index >= 15 is 0 Å². The van der Waals surface area contributed by atoms with Crippen molar-refractivity contribution in [1.29, 1.82) is 0 Å². The zero-order valence-electron chi connectivity index (χ0n) is 15.5. The molecule has 146 valence electrons. The Bertz CT molecular complexity index is 674. The van der Waals surface area contributed by atoms with Gasteiger partial charge in [-0.1, -0.05) is 6.42 Å². The van der Waals surface area contributed by atoms with Crippen LogP contribution in [-0.4, -0.2) is 61.1 Å². The second-order valence-corrected chi connectivity index (χ2v) is 11.2. The lowest BCUT2D eigenvalue weighted by Gasteiger charge is -2.38. The summed E-state index contributed by atoms with van der Waals surface area (Å²) in [7, 11) is -3.04. The van der Waals surface area contributed by atoms with Crippen LogP contribution >= 0.6 is 0 Å². The quantitative estimate of drug-likeness (QED) is 0.796. The third kappa shape index (κ3) is 2.77. The molecule has 2 amide bonds. The molecule has 0 unspecified atom stereocenters. The Morgan fingerprint density at radius 1 is 0.885 bits per heavy atom. The van der Waals surface area contributed by atoms with Crippen molar-refractivity contribution < 1.29 is 13.2 Å². The highest BCUT2D eigenvalue weighted by Crippen LogP contribution is 2.58. The third-order valence-electron chi connectivity index (χ3n) is 8.03. The number of amides is 2. The van der Waals surface area contributed by atoms with E-state index in [0.717, 1.165) is 37.0 Å². The molecule has 2 bridgehead atoms. The first-order chi connectivity index (χ1) is 12.5. The van der Waals surface area contributed by atoms with E-state index < -0.39 is 10.0 Å². The number of hydrogen-bond donors (Lipinski definition) is 1. The first-order valence-electron chi connectivity index (χ1n) is 10.6. The average molecular weight is 382 g/mol. The Labute approximate surface area is 156 Å². The topological polar surface area (TPSA) is 69.7 Å². The zero-order valence-corrected chi connectivity index (χ0v) is 16.3. The van der Waals surface area contributed by atoms with Crippen molar-refractivity contribution >= 4 is 16.1 Å². The number of nitrogens with zero attached hydrogens (tertiary/aromatic N) is 2. The van der Waals surface area contributed by atoms with E-state index in [1.54, 1.807) is 4.31 Å². The van der Waals surface area contributed by atoms with Gasteiger partial charge in [-0.3, -0.25) is 0 Å². The minimum absolute atomic E-state index is 0.0832. The number of piperidine rings is 1. The van der Waals surface area contributed by atoms with Crippen LogP contribution in [0.3, 0.4) is 0 Å². The molecule has 5 atom stereocenters. The van der Waals surface area contributed by atoms with Crippen molar-refractivity contribution in [3.8, 4) is 0 Å². The van der Waals surface area contributed by atoms with Crippen molar-refractivity contribution in [3.63, 3.8) is 0 Å². The fourth-order valence-electron chi connectivity index (χ4n) is 6.91. The van der Waals surface area contributed by atoms with Crippen molar-refractivity contribution in [2.75, 3.05) is 25.4 Å². The van der Waals surface area contributed by atoms with Crippen LogP contribution in [0.1, 0.15) is 51.4 Å². The molecule has 5 aliphatic rings. The minimum atomic E-state index is -3.04. The van der Waals surface area contributed by atoms with E-state index in [0.29, 0.717) is 37.3 Å². The Kier molecular flexibility index (Phi) is 4.23. The van der Waals surface area contributed by atoms with Crippen LogP contribution in [0.25, 0.3) is 0 Å². The van der Waals surface area contributed by atoms with E-state index in [4.69, 9.17) is 0 Å². The molecular weight excluding hydrogens is 350 g/mol. The van der Waals surface area contributed by atoms with Gasteiger partial charge in [0, 0.05) is 31.7 Å². The molecule has 2 heterocycles. The molecule has 2 saturated heterocycles. The van der Waals surface area contributed by atoms with Gasteiger partial charge in [0.1, 0.15) is 0 Å². The Balaban J connectivity index is 1.15. The molecule has 0 aromatic carbocycles. The van der Waals surface area contributed by atoms with Gasteiger partial charge in [0.25, 0.3) is 0 Å². The number of fused-ring (bicyclic) bond motifs is 5. The normalized spacial score (nSPS) is 42.3. The van der Waals surface area contributed by atoms with Crippen LogP contribution in [-0.2, 0) is 10.0 Å². The highest BCUT2D eigenvalue weighted by atomic mass is 32.2. The minimum Gasteiger partial charge on any atom is -0.335 e. The van der Waals surface area contributed by atoms with Gasteiger partial charge in [-0.05, 0) is 68.6 Å². The van der Waals surface area contributed by atoms with E-state index in [1.807, 2.05) is 4.90 Å². The second kappa shape index (κ2) is 6.36. The molecule has 0 aromatic heterocycles. The zero-order chi connectivity index (χ0) is 17.9. The number of urea groups is 1. The maximum atomic E-state index is 12.8. The summed E-state index contributed by atoms with van der Waals surface area (Å²) in [6.07, 6.45) is 8.97. The van der Waals surface area contributed by atoms with Gasteiger partial charge in [0.2, 0.25) is 10.0 Å². The average Bonchev–Trinajstić information content (AvgIpc) is 3.36. The van der Waals surface area contributed by atoms with Crippen molar-refractivity contribution in [1.82, 2.24) is 14.5 Å². The summed E-state index contributed by atoms with van der Waals surface area (Å²) in [5.41, 5.74) is 0. The molecule has 0 aromatic rings. The van der Waals surface area contributed by atoms with Crippen molar-refractivity contribution in [2.45, 2.75) is 63.5 Å². The van der Waals surface area contributed by atoms with E-state index in [-0.39, 0.29) is 12.1 Å². The third-order valence-corrected chi connectivity index (χ3v) is 10.0. The lowest BCUT2D eigenvalue weighted by molar-refractivity contribution is 0.146. The highest BCUT2D eigenvalue weighted by Gasteiger charge is 2.54. The first kappa shape index (κ1) is 17.3. The van der Waals surface area contributed by atoms with Crippen molar-refractivity contribution in [2.24, 2.45) is 23.7 Å². The van der Waals surface area contributed by atoms with Crippen LogP contribution < -0.4 is 5.32 Å². The molecule has 3 saturated carbocycles. The molecule has 2 aliphatic heterocycles. The number of nitrogens with one attached hydrogen (secondary N) is 1. The van der Waals surface area contributed by atoms with Crippen LogP contribution in [0, 0.1) is 23.7 Å². The smallest absolute Gasteiger partial charge is 0.317 e. The summed E-state index contributed by atoms with van der Waals surface area (Å²) >= 11 is 0. The molecule has 0 spiro atoms. The molecule has 6 nitrogen and oxygen atoms in total. The Morgan fingerprint density at radius 2 is 1.65 bits per heavy atom. The number of likely N-dealkylation sites (tertiary alicyclic amines) is 1. The van der Waals surface area contributed by atoms with Gasteiger partial charge in [-0.25, -0.2) is 13.2 Å². The van der Waals surface area contributed by atoms with E-state index in [1.165, 1.54) is 32.1 Å². The van der Waals surface area contributed by atoms with Gasteiger partial charge in [-0.15, -0.1) is 0 Å². The molecule has 26 heavy (non-hydrogen) atoms. The summed E-state index contributed by atoms with van der Waals surface area (Å²) in [4.78, 5) is 14.7. The standard InChI is InChI=1S/C19H31N3O3S/c23-19(20-18-12-13-11-17(18)16-4-1-3-15(13)16)21-8-5-14(6-9-21)22-7-2-10-26(22,24)25/h13-18H,1-12H2,(H,20,23)/t13-,15-,16-,17+,18-/m1/s1. The SMILES string of the molecule is O=C(N[C@@H]1C[C@H]2C[C@H]1[C@@H]1CCC[C@H]21)N1CCC(N2CCCS2(=O)=O)CC1. The molecule has 0 radical (unpaired) electrons. The van der Waals surface area contributed by atoms with Crippen LogP contribution in [0.4, 0.5) is 4.79 Å². The Hall–Kier alpha value is -0.820. The number of sulfonamides is 1. The molecule has 5 fully saturated rings. The summed E-state index contributed by atoms with van der Waals surface area (Å²) in [5.74, 6) is 3.67. The van der Waals surface area contributed by atoms with E-state index in [9.17, 15) is 13.2 Å². The van der Waals surface area contributed by atoms with Gasteiger partial charge < -0.3 is 10.2 Å². The summed E-state index contributed by atoms with van der Waals surface area (Å²) < 4.78 is 25.9. The summed E-state index contributed by atoms with van der Waals surface area (Å²) in [6, 6.07) is 0.552. The maximum Gasteiger partial charge on any atom is 0.317 e. The Morgan fingerprint density at radius 3 is 2.38 bits per heavy atom. The summed E-state index contributed by atoms with van der Waals surface area (Å²) in [6.45, 7) is 2.01. The molecular formula is C19H31N3O3S. The van der Waals surface area contributed by atoms with Crippen molar-refractivity contribution in [3.05, 3.63) is 0 Å². The second-order valence-electron chi connectivity index (χ2n) is 9.21. The predicted octanol–water partition coefficient (Wildman–Crippen LogP) is 2.02. The van der Waals surface area contributed by atoms with Gasteiger partial charge in [0.15, 0.2) is 0 Å². The van der Waals surface area contributed by atoms with Crippen LogP contribution in [0.2, 0.25) is 0 Å². The first-order valence-corrected chi connectivity index (χ1v) is 12.2. The summed E-state index contributed by atoms with van der Waals surface area (Å²) in [5, 5.41) is 3.35. The lowest BCUT2D eigenvalue weighted by atomic mass is 9.79. The highest BCUT2D eigenvalue weighted by molar-refractivity contribution is 7.89.